The number of rotatable bonds is 22. The number of benzene rings is 2. The van der Waals surface area contributed by atoms with Crippen molar-refractivity contribution in [1.29, 1.82) is 0 Å². The normalized spacial score (nSPS) is 19.6. The van der Waals surface area contributed by atoms with Crippen LogP contribution in [0.5, 0.6) is 11.5 Å². The number of ether oxygens (including phenoxy) is 2. The fraction of sp³-hybridized carbons (Fsp3) is 0.442. The summed E-state index contributed by atoms with van der Waals surface area (Å²) in [5, 5.41) is 21.5. The number of hydrogen-bond donors (Lipinski definition) is 5. The van der Waals surface area contributed by atoms with Gasteiger partial charge in [0.1, 0.15) is 28.8 Å². The molecular weight excluding hydrogens is 823 g/mol. The predicted octanol–water partition coefficient (Wildman–Crippen LogP) is 5.96. The summed E-state index contributed by atoms with van der Waals surface area (Å²) in [7, 11) is -3.19. The molecule has 2 aliphatic rings. The Balaban J connectivity index is 1.11. The van der Waals surface area contributed by atoms with Crippen LogP contribution in [0.15, 0.2) is 72.6 Å². The van der Waals surface area contributed by atoms with Gasteiger partial charge in [-0.3, -0.25) is 19.2 Å². The largest absolute Gasteiger partial charge is 0.497 e. The number of amides is 3. The second-order valence-corrected chi connectivity index (χ2v) is 18.0. The van der Waals surface area contributed by atoms with Crippen molar-refractivity contribution in [2.24, 2.45) is 5.92 Å². The van der Waals surface area contributed by atoms with Gasteiger partial charge in [-0.2, -0.15) is 12.7 Å². The van der Waals surface area contributed by atoms with Gasteiger partial charge in [0.2, 0.25) is 11.8 Å². The molecule has 2 fully saturated rings. The molecule has 3 heterocycles. The third-order valence-corrected chi connectivity index (χ3v) is 12.7. The maximum Gasteiger partial charge on any atom is 0.332 e. The van der Waals surface area contributed by atoms with E-state index in [2.05, 4.69) is 27.3 Å². The second-order valence-electron chi connectivity index (χ2n) is 15.6. The number of carboxylic acid groups (broad SMARTS) is 1. The molecule has 1 saturated carbocycles. The zero-order valence-corrected chi connectivity index (χ0v) is 36.1. The van der Waals surface area contributed by atoms with Crippen molar-refractivity contribution in [3.8, 4) is 22.9 Å². The van der Waals surface area contributed by atoms with E-state index in [1.54, 1.807) is 25.3 Å². The Morgan fingerprint density at radius 2 is 1.74 bits per heavy atom. The van der Waals surface area contributed by atoms with E-state index in [0.29, 0.717) is 58.5 Å². The van der Waals surface area contributed by atoms with Crippen molar-refractivity contribution in [3.63, 3.8) is 0 Å². The van der Waals surface area contributed by atoms with Gasteiger partial charge in [0.15, 0.2) is 5.13 Å². The molecule has 2 aromatic carbocycles. The van der Waals surface area contributed by atoms with E-state index in [9.17, 15) is 27.6 Å². The van der Waals surface area contributed by atoms with Crippen LogP contribution in [0.25, 0.3) is 22.3 Å². The zero-order chi connectivity index (χ0) is 43.7. The number of nitrogens with zero attached hydrogens (tertiary/aromatic N) is 3. The maximum absolute atomic E-state index is 13.9. The summed E-state index contributed by atoms with van der Waals surface area (Å²) in [6.07, 6.45) is 5.33. The minimum Gasteiger partial charge on any atom is -0.497 e. The Morgan fingerprint density at radius 3 is 2.41 bits per heavy atom. The molecule has 3 amide bonds. The number of pyridine rings is 1. The topological polar surface area (TPSA) is 218 Å². The molecule has 2 aromatic heterocycles. The number of aliphatic carboxylic acids is 1. The van der Waals surface area contributed by atoms with Gasteiger partial charge >= 0.3 is 16.2 Å². The van der Waals surface area contributed by atoms with Gasteiger partial charge in [-0.1, -0.05) is 50.0 Å². The van der Waals surface area contributed by atoms with Crippen molar-refractivity contribution >= 4 is 67.0 Å². The van der Waals surface area contributed by atoms with Gasteiger partial charge in [0, 0.05) is 60.7 Å². The lowest BCUT2D eigenvalue weighted by Gasteiger charge is -2.25. The van der Waals surface area contributed by atoms with E-state index in [0.717, 1.165) is 29.8 Å². The van der Waals surface area contributed by atoms with E-state index in [1.165, 1.54) is 29.5 Å². The number of unbranched alkanes of at least 4 members (excludes halogenated alkanes) is 5. The number of carbonyl (C=O) groups excluding carboxylic acids is 3. The number of methoxy groups -OCH3 is 1. The summed E-state index contributed by atoms with van der Waals surface area (Å²) in [5.74, 6) is -2.44. The number of carboxylic acids is 1. The molecule has 0 unspecified atom stereocenters. The minimum atomic E-state index is -4.77. The SMILES string of the molecule is C=C[C@@H]1C[C@]1(NC(=O)[C@@H]1C[C@@H](Oc2cc(-c3csc(NC(C)C)n3)nc3cc(OC)ccc23)CN1)C(=O)NS(=O)(=O)N(C(=O)CCCCCCCCC(=O)O)c1ccccc1. The van der Waals surface area contributed by atoms with Crippen LogP contribution in [-0.2, 0) is 29.4 Å². The van der Waals surface area contributed by atoms with E-state index in [1.807, 2.05) is 43.5 Å². The number of hydrogen-bond acceptors (Lipinski definition) is 13. The standard InChI is InChI=1S/C43H53N7O9S2/c1-5-28-24-43(28,41(55)49-61(56,57)50(29-15-11-10-12-16-29)38(51)17-13-8-6-7-9-14-18-39(52)53)48-40(54)35-22-31(25-44-35)59-37-23-34(36-26-60-42(47-36)45-27(2)3)46-33-21-30(58-4)19-20-32(33)37/h5,10-12,15-16,19-21,23,26-28,31,35,44H,1,6-9,13-14,17-18,22,24-25H2,2-4H3,(H,45,47)(H,48,54)(H,49,55)(H,52,53)/t28-,31-,35+,43-/m1/s1. The summed E-state index contributed by atoms with van der Waals surface area (Å²) < 4.78 is 42.5. The van der Waals surface area contributed by atoms with Gasteiger partial charge in [-0.15, -0.1) is 17.9 Å². The maximum atomic E-state index is 13.9. The van der Waals surface area contributed by atoms with Crippen molar-refractivity contribution in [2.75, 3.05) is 23.3 Å². The van der Waals surface area contributed by atoms with Gasteiger partial charge < -0.3 is 30.5 Å². The number of para-hydroxylation sites is 1. The Labute approximate surface area is 359 Å². The Hall–Kier alpha value is -5.59. The lowest BCUT2D eigenvalue weighted by Crippen LogP contribution is -2.57. The highest BCUT2D eigenvalue weighted by molar-refractivity contribution is 7.92. The summed E-state index contributed by atoms with van der Waals surface area (Å²) in [5.41, 5.74) is 0.366. The second kappa shape index (κ2) is 19.9. The van der Waals surface area contributed by atoms with Gasteiger partial charge in [0.25, 0.3) is 5.91 Å². The molecule has 4 aromatic rings. The molecule has 1 saturated heterocycles. The third-order valence-electron chi connectivity index (χ3n) is 10.6. The van der Waals surface area contributed by atoms with Crippen LogP contribution < -0.4 is 34.5 Å². The van der Waals surface area contributed by atoms with E-state index in [4.69, 9.17) is 24.5 Å². The number of thiazole rings is 1. The fourth-order valence-corrected chi connectivity index (χ4v) is 9.46. The number of carbonyl (C=O) groups is 4. The average Bonchev–Trinajstić information content (AvgIpc) is 3.47. The molecule has 0 bridgehead atoms. The highest BCUT2D eigenvalue weighted by Gasteiger charge is 2.61. The quantitative estimate of drug-likeness (QED) is 0.0456. The van der Waals surface area contributed by atoms with E-state index < -0.39 is 57.5 Å². The average molecular weight is 876 g/mol. The van der Waals surface area contributed by atoms with E-state index >= 15 is 0 Å². The van der Waals surface area contributed by atoms with Crippen LogP contribution in [0.3, 0.4) is 0 Å². The Bertz CT molecular complexity index is 2340. The first-order valence-electron chi connectivity index (χ1n) is 20.5. The monoisotopic (exact) mass is 875 g/mol. The molecule has 6 rings (SSSR count). The predicted molar refractivity (Wildman–Crippen MR) is 234 cm³/mol. The fourth-order valence-electron chi connectivity index (χ4n) is 7.35. The lowest BCUT2D eigenvalue weighted by molar-refractivity contribution is -0.137. The number of aromatic nitrogens is 2. The number of anilines is 2. The smallest absolute Gasteiger partial charge is 0.332 e. The molecule has 1 aliphatic carbocycles. The molecule has 18 heteroatoms. The van der Waals surface area contributed by atoms with Crippen molar-refractivity contribution in [1.82, 2.24) is 25.3 Å². The Kier molecular flexibility index (Phi) is 14.6. The first-order chi connectivity index (χ1) is 29.2. The van der Waals surface area contributed by atoms with Crippen LogP contribution in [0.1, 0.15) is 78.1 Å². The minimum absolute atomic E-state index is 0.0597. The number of nitrogens with one attached hydrogen (secondary N) is 4. The first kappa shape index (κ1) is 44.9. The zero-order valence-electron chi connectivity index (χ0n) is 34.5. The molecule has 326 valence electrons. The van der Waals surface area contributed by atoms with Crippen molar-refractivity contribution in [2.45, 2.75) is 102 Å². The van der Waals surface area contributed by atoms with Gasteiger partial charge in [0.05, 0.1) is 30.0 Å². The molecule has 4 atom stereocenters. The van der Waals surface area contributed by atoms with Crippen molar-refractivity contribution < 1.29 is 42.2 Å². The van der Waals surface area contributed by atoms with Crippen LogP contribution in [0.4, 0.5) is 10.8 Å². The van der Waals surface area contributed by atoms with Crippen LogP contribution in [-0.4, -0.2) is 84.6 Å². The summed E-state index contributed by atoms with van der Waals surface area (Å²) in [6.45, 7) is 8.17. The highest BCUT2D eigenvalue weighted by Crippen LogP contribution is 2.45. The first-order valence-corrected chi connectivity index (χ1v) is 22.8. The molecule has 61 heavy (non-hydrogen) atoms. The van der Waals surface area contributed by atoms with Crippen LogP contribution in [0.2, 0.25) is 0 Å². The number of fused-ring (bicyclic) bond motifs is 1. The van der Waals surface area contributed by atoms with Gasteiger partial charge in [-0.05, 0) is 57.4 Å². The van der Waals surface area contributed by atoms with Crippen molar-refractivity contribution in [3.05, 3.63) is 72.6 Å². The highest BCUT2D eigenvalue weighted by atomic mass is 32.2. The van der Waals surface area contributed by atoms with Crippen LogP contribution in [0, 0.1) is 5.92 Å². The molecule has 5 N–H and O–H groups in total. The summed E-state index contributed by atoms with van der Waals surface area (Å²) in [4.78, 5) is 61.6. The Morgan fingerprint density at radius 1 is 1.02 bits per heavy atom. The summed E-state index contributed by atoms with van der Waals surface area (Å²) >= 11 is 1.47. The third kappa shape index (κ3) is 11.2. The molecule has 16 nitrogen and oxygen atoms in total. The summed E-state index contributed by atoms with van der Waals surface area (Å²) in [6, 6.07) is 14.5. The van der Waals surface area contributed by atoms with Gasteiger partial charge in [-0.25, -0.2) is 14.7 Å². The molecule has 0 radical (unpaired) electrons. The molecule has 1 aliphatic heterocycles. The van der Waals surface area contributed by atoms with Crippen LogP contribution >= 0.6 is 11.3 Å². The molecule has 0 spiro atoms. The lowest BCUT2D eigenvalue weighted by atomic mass is 10.1. The van der Waals surface area contributed by atoms with E-state index in [-0.39, 0.29) is 37.4 Å². The molecular formula is C43H53N7O9S2.